The number of nitrogens with one attached hydrogen (secondary N) is 1. The number of rotatable bonds is 8. The lowest BCUT2D eigenvalue weighted by Gasteiger charge is -2.17. The zero-order valence-electron chi connectivity index (χ0n) is 15.0. The molecule has 8 heteroatoms. The van der Waals surface area contributed by atoms with Gasteiger partial charge in [0.05, 0.1) is 0 Å². The highest BCUT2D eigenvalue weighted by atomic mass is 16.6. The lowest BCUT2D eigenvalue weighted by atomic mass is 10.0. The first-order valence-corrected chi connectivity index (χ1v) is 7.76. The van der Waals surface area contributed by atoms with Gasteiger partial charge in [0, 0.05) is 26.0 Å². The molecule has 0 bridgehead atoms. The first kappa shape index (κ1) is 20.9. The van der Waals surface area contributed by atoms with Crippen molar-refractivity contribution < 1.29 is 33.8 Å². The Morgan fingerprint density at radius 2 is 1.62 bits per heavy atom. The average molecular weight is 363 g/mol. The minimum absolute atomic E-state index is 0.0188. The number of carbonyl (C=O) groups is 4. The summed E-state index contributed by atoms with van der Waals surface area (Å²) in [5, 5.41) is 12.1. The standard InChI is InChI=1S/C18H21NO7/c1-10(7-11(2)20)19-15(18(23)24)8-14-5-6-16(25-12(3)21)17(9-14)26-13(4)22/h5-7,9,15,19H,8H2,1-4H3,(H,23,24)/t15-/m0/s1. The molecule has 1 rings (SSSR count). The van der Waals surface area contributed by atoms with Crippen LogP contribution < -0.4 is 14.8 Å². The third kappa shape index (κ3) is 7.16. The molecule has 0 radical (unpaired) electrons. The molecule has 2 N–H and O–H groups in total. The van der Waals surface area contributed by atoms with Crippen molar-refractivity contribution in [3.05, 3.63) is 35.5 Å². The molecule has 1 aromatic carbocycles. The molecule has 0 unspecified atom stereocenters. The van der Waals surface area contributed by atoms with E-state index in [1.54, 1.807) is 13.0 Å². The molecule has 8 nitrogen and oxygen atoms in total. The van der Waals surface area contributed by atoms with Crippen LogP contribution in [0.4, 0.5) is 0 Å². The van der Waals surface area contributed by atoms with Crippen molar-refractivity contribution in [3.8, 4) is 11.5 Å². The first-order valence-electron chi connectivity index (χ1n) is 7.76. The number of esters is 2. The molecule has 0 aliphatic heterocycles. The van der Waals surface area contributed by atoms with E-state index >= 15 is 0 Å². The Morgan fingerprint density at radius 3 is 2.12 bits per heavy atom. The summed E-state index contributed by atoms with van der Waals surface area (Å²) in [5.41, 5.74) is 0.953. The van der Waals surface area contributed by atoms with Gasteiger partial charge in [0.2, 0.25) is 0 Å². The third-order valence-electron chi connectivity index (χ3n) is 3.08. The van der Waals surface area contributed by atoms with Crippen molar-refractivity contribution in [1.29, 1.82) is 0 Å². The van der Waals surface area contributed by atoms with E-state index in [2.05, 4.69) is 5.32 Å². The number of allylic oxidation sites excluding steroid dienone is 2. The second-order valence-corrected chi connectivity index (χ2v) is 5.65. The van der Waals surface area contributed by atoms with Crippen molar-refractivity contribution >= 4 is 23.7 Å². The zero-order chi connectivity index (χ0) is 19.9. The number of benzene rings is 1. The summed E-state index contributed by atoms with van der Waals surface area (Å²) in [6.45, 7) is 5.35. The van der Waals surface area contributed by atoms with Gasteiger partial charge in [-0.2, -0.15) is 0 Å². The Bertz CT molecular complexity index is 752. The Hall–Kier alpha value is -3.16. The normalized spacial score (nSPS) is 12.1. The summed E-state index contributed by atoms with van der Waals surface area (Å²) in [6, 6.07) is 3.41. The van der Waals surface area contributed by atoms with Crippen molar-refractivity contribution in [3.63, 3.8) is 0 Å². The molecule has 0 aromatic heterocycles. The van der Waals surface area contributed by atoms with Gasteiger partial charge in [0.1, 0.15) is 6.04 Å². The smallest absolute Gasteiger partial charge is 0.326 e. The Balaban J connectivity index is 3.08. The molecule has 0 saturated carbocycles. The summed E-state index contributed by atoms with van der Waals surface area (Å²) in [6.07, 6.45) is 1.34. The van der Waals surface area contributed by atoms with Crippen LogP contribution in [0, 0.1) is 0 Å². The summed E-state index contributed by atoms with van der Waals surface area (Å²) < 4.78 is 9.99. The van der Waals surface area contributed by atoms with E-state index in [4.69, 9.17) is 9.47 Å². The fourth-order valence-corrected chi connectivity index (χ4v) is 2.21. The first-order chi connectivity index (χ1) is 12.1. The van der Waals surface area contributed by atoms with Crippen LogP contribution in [0.5, 0.6) is 11.5 Å². The van der Waals surface area contributed by atoms with E-state index in [1.165, 1.54) is 39.0 Å². The molecule has 26 heavy (non-hydrogen) atoms. The summed E-state index contributed by atoms with van der Waals surface area (Å²) in [5.74, 6) is -2.43. The van der Waals surface area contributed by atoms with E-state index in [9.17, 15) is 24.3 Å². The van der Waals surface area contributed by atoms with Gasteiger partial charge < -0.3 is 19.9 Å². The monoisotopic (exact) mass is 363 g/mol. The second-order valence-electron chi connectivity index (χ2n) is 5.65. The fourth-order valence-electron chi connectivity index (χ4n) is 2.21. The predicted molar refractivity (Wildman–Crippen MR) is 91.8 cm³/mol. The molecule has 1 atom stereocenters. The summed E-state index contributed by atoms with van der Waals surface area (Å²) in [4.78, 5) is 44.9. The quantitative estimate of drug-likeness (QED) is 0.406. The fraction of sp³-hybridized carbons (Fsp3) is 0.333. The van der Waals surface area contributed by atoms with Crippen LogP contribution in [0.3, 0.4) is 0 Å². The van der Waals surface area contributed by atoms with Crippen molar-refractivity contribution in [2.75, 3.05) is 0 Å². The molecule has 0 spiro atoms. The van der Waals surface area contributed by atoms with Gasteiger partial charge in [0.15, 0.2) is 17.3 Å². The predicted octanol–water partition coefficient (Wildman–Crippen LogP) is 1.62. The van der Waals surface area contributed by atoms with Gasteiger partial charge in [-0.1, -0.05) is 6.07 Å². The van der Waals surface area contributed by atoms with Crippen molar-refractivity contribution in [2.45, 2.75) is 40.2 Å². The van der Waals surface area contributed by atoms with E-state index in [0.29, 0.717) is 11.3 Å². The van der Waals surface area contributed by atoms with Crippen LogP contribution in [0.25, 0.3) is 0 Å². The zero-order valence-corrected chi connectivity index (χ0v) is 15.0. The van der Waals surface area contributed by atoms with Crippen LogP contribution in [0.2, 0.25) is 0 Å². The third-order valence-corrected chi connectivity index (χ3v) is 3.08. The highest BCUT2D eigenvalue weighted by Gasteiger charge is 2.20. The minimum Gasteiger partial charge on any atom is -0.480 e. The molecule has 0 saturated heterocycles. The van der Waals surface area contributed by atoms with Crippen LogP contribution in [0.1, 0.15) is 33.3 Å². The molecule has 0 aliphatic carbocycles. The maximum absolute atomic E-state index is 11.5. The van der Waals surface area contributed by atoms with Gasteiger partial charge in [-0.25, -0.2) is 4.79 Å². The maximum atomic E-state index is 11.5. The molecular formula is C18H21NO7. The lowest BCUT2D eigenvalue weighted by molar-refractivity contribution is -0.139. The number of ether oxygens (including phenoxy) is 2. The SMILES string of the molecule is CC(=O)C=C(C)N[C@@H](Cc1ccc(OC(C)=O)c(OC(C)=O)c1)C(=O)O. The van der Waals surface area contributed by atoms with Crippen LogP contribution in [-0.2, 0) is 25.6 Å². The number of carbonyl (C=O) groups excluding carboxylic acids is 3. The molecule has 0 heterocycles. The summed E-state index contributed by atoms with van der Waals surface area (Å²) >= 11 is 0. The summed E-state index contributed by atoms with van der Waals surface area (Å²) in [7, 11) is 0. The van der Waals surface area contributed by atoms with Crippen molar-refractivity contribution in [1.82, 2.24) is 5.32 Å². The molecule has 140 valence electrons. The molecule has 1 aromatic rings. The van der Waals surface area contributed by atoms with E-state index < -0.39 is 23.9 Å². The van der Waals surface area contributed by atoms with Gasteiger partial charge in [0.25, 0.3) is 0 Å². The molecular weight excluding hydrogens is 342 g/mol. The minimum atomic E-state index is -1.11. The number of hydrogen-bond donors (Lipinski definition) is 2. The largest absolute Gasteiger partial charge is 0.480 e. The Kier molecular flexibility index (Phi) is 7.52. The van der Waals surface area contributed by atoms with Gasteiger partial charge in [-0.05, 0) is 37.6 Å². The maximum Gasteiger partial charge on any atom is 0.326 e. The second kappa shape index (κ2) is 9.36. The number of ketones is 1. The van der Waals surface area contributed by atoms with Crippen LogP contribution >= 0.6 is 0 Å². The molecule has 0 amide bonds. The molecule has 0 fully saturated rings. The number of carboxylic acid groups (broad SMARTS) is 1. The van der Waals surface area contributed by atoms with Crippen LogP contribution in [-0.4, -0.2) is 34.8 Å². The van der Waals surface area contributed by atoms with Gasteiger partial charge in [-0.3, -0.25) is 14.4 Å². The highest BCUT2D eigenvalue weighted by molar-refractivity contribution is 5.88. The van der Waals surface area contributed by atoms with Crippen LogP contribution in [0.15, 0.2) is 30.0 Å². The lowest BCUT2D eigenvalue weighted by Crippen LogP contribution is -2.37. The Morgan fingerprint density at radius 1 is 1.04 bits per heavy atom. The molecule has 0 aliphatic rings. The van der Waals surface area contributed by atoms with Gasteiger partial charge >= 0.3 is 17.9 Å². The average Bonchev–Trinajstić information content (AvgIpc) is 2.47. The van der Waals surface area contributed by atoms with Crippen molar-refractivity contribution in [2.24, 2.45) is 0 Å². The number of hydrogen-bond acceptors (Lipinski definition) is 7. The highest BCUT2D eigenvalue weighted by Crippen LogP contribution is 2.29. The topological polar surface area (TPSA) is 119 Å². The van der Waals surface area contributed by atoms with E-state index in [0.717, 1.165) is 0 Å². The Labute approximate surface area is 150 Å². The number of aliphatic carboxylic acids is 1. The van der Waals surface area contributed by atoms with E-state index in [-0.39, 0.29) is 23.7 Å². The van der Waals surface area contributed by atoms with Gasteiger partial charge in [-0.15, -0.1) is 0 Å². The van der Waals surface area contributed by atoms with E-state index in [1.807, 2.05) is 0 Å². The number of carboxylic acids is 1.